The topological polar surface area (TPSA) is 88.0 Å². The van der Waals surface area contributed by atoms with E-state index in [9.17, 15) is 9.59 Å². The van der Waals surface area contributed by atoms with Crippen LogP contribution in [0.1, 0.15) is 28.2 Å². The van der Waals surface area contributed by atoms with E-state index >= 15 is 0 Å². The predicted octanol–water partition coefficient (Wildman–Crippen LogP) is 6.79. The number of anilines is 2. The number of nitrogens with two attached hydrogens (primary N) is 1. The van der Waals surface area contributed by atoms with Crippen LogP contribution in [0.3, 0.4) is 0 Å². The van der Waals surface area contributed by atoms with Crippen LogP contribution in [0.15, 0.2) is 102 Å². The molecule has 4 N–H and O–H groups in total. The lowest BCUT2D eigenvalue weighted by Crippen LogP contribution is -2.13. The fraction of sp³-hybridized carbons (Fsp3) is 0.0667. The molecule has 0 saturated heterocycles. The first-order chi connectivity index (χ1) is 17.9. The molecule has 1 heterocycles. The average molecular weight is 528 g/mol. The number of fused-ring (bicyclic) bond motifs is 1. The molecule has 37 heavy (non-hydrogen) atoms. The van der Waals surface area contributed by atoms with Crippen LogP contribution in [0.4, 0.5) is 11.4 Å². The third kappa shape index (κ3) is 5.69. The number of benzene rings is 4. The molecule has 7 heteroatoms. The van der Waals surface area contributed by atoms with Gasteiger partial charge in [0.2, 0.25) is 11.5 Å². The maximum atomic E-state index is 12.4. The molecule has 1 aromatic heterocycles. The highest BCUT2D eigenvalue weighted by Gasteiger charge is 2.18. The molecule has 0 atom stereocenters. The molecule has 184 valence electrons. The Labute approximate surface area is 223 Å². The molecule has 0 saturated carbocycles. The number of pyridine rings is 1. The number of amides is 1. The summed E-state index contributed by atoms with van der Waals surface area (Å²) in [6, 6.07) is 30.6. The first kappa shape index (κ1) is 24.6. The molecule has 1 amide bonds. The zero-order valence-electron chi connectivity index (χ0n) is 19.7. The predicted molar refractivity (Wildman–Crippen MR) is 151 cm³/mol. The van der Waals surface area contributed by atoms with E-state index in [1.165, 1.54) is 0 Å². The van der Waals surface area contributed by atoms with Crippen LogP contribution in [0, 0.1) is 0 Å². The van der Waals surface area contributed by atoms with Crippen molar-refractivity contribution in [2.75, 3.05) is 5.32 Å². The van der Waals surface area contributed by atoms with Gasteiger partial charge in [0.15, 0.2) is 0 Å². The summed E-state index contributed by atoms with van der Waals surface area (Å²) in [6.07, 6.45) is 0.175. The van der Waals surface area contributed by atoms with Gasteiger partial charge in [-0.1, -0.05) is 65.7 Å². The van der Waals surface area contributed by atoms with E-state index in [1.54, 1.807) is 6.07 Å². The van der Waals surface area contributed by atoms with E-state index in [0.717, 1.165) is 38.8 Å². The van der Waals surface area contributed by atoms with Crippen molar-refractivity contribution in [3.63, 3.8) is 0 Å². The van der Waals surface area contributed by atoms with E-state index in [2.05, 4.69) is 16.4 Å². The van der Waals surface area contributed by atoms with Crippen LogP contribution < -0.4 is 16.6 Å². The van der Waals surface area contributed by atoms with Crippen LogP contribution in [0.2, 0.25) is 10.0 Å². The van der Waals surface area contributed by atoms with Crippen molar-refractivity contribution in [2.45, 2.75) is 12.3 Å². The molecule has 0 aliphatic heterocycles. The number of halogens is 2. The molecular formula is C30H23Cl2N3O2. The Morgan fingerprint density at radius 3 is 1.92 bits per heavy atom. The van der Waals surface area contributed by atoms with Crippen LogP contribution in [0.5, 0.6) is 0 Å². The number of rotatable bonds is 7. The normalized spacial score (nSPS) is 11.1. The third-order valence-corrected chi connectivity index (χ3v) is 6.72. The van der Waals surface area contributed by atoms with Crippen LogP contribution in [0.25, 0.3) is 10.9 Å². The highest BCUT2D eigenvalue weighted by Crippen LogP contribution is 2.36. The summed E-state index contributed by atoms with van der Waals surface area (Å²) < 4.78 is 0. The zero-order chi connectivity index (χ0) is 25.9. The highest BCUT2D eigenvalue weighted by molar-refractivity contribution is 6.30. The van der Waals surface area contributed by atoms with Crippen LogP contribution in [-0.4, -0.2) is 10.9 Å². The van der Waals surface area contributed by atoms with Gasteiger partial charge in [-0.15, -0.1) is 0 Å². The van der Waals surface area contributed by atoms with Crippen molar-refractivity contribution in [1.82, 2.24) is 4.98 Å². The van der Waals surface area contributed by atoms with Crippen molar-refractivity contribution in [2.24, 2.45) is 5.73 Å². The lowest BCUT2D eigenvalue weighted by Gasteiger charge is -2.20. The summed E-state index contributed by atoms with van der Waals surface area (Å²) in [6.45, 7) is 0. The molecule has 0 spiro atoms. The first-order valence-electron chi connectivity index (χ1n) is 11.7. The lowest BCUT2D eigenvalue weighted by molar-refractivity contribution is -0.117. The van der Waals surface area contributed by atoms with Gasteiger partial charge in [0.1, 0.15) is 0 Å². The van der Waals surface area contributed by atoms with Gasteiger partial charge in [0, 0.05) is 33.1 Å². The number of primary amides is 1. The fourth-order valence-electron chi connectivity index (χ4n) is 4.50. The van der Waals surface area contributed by atoms with Gasteiger partial charge in [0.25, 0.3) is 0 Å². The van der Waals surface area contributed by atoms with Gasteiger partial charge in [0.05, 0.1) is 17.6 Å². The Balaban J connectivity index is 1.59. The monoisotopic (exact) mass is 527 g/mol. The number of aromatic amines is 1. The van der Waals surface area contributed by atoms with Crippen LogP contribution >= 0.6 is 23.2 Å². The van der Waals surface area contributed by atoms with E-state index in [1.807, 2.05) is 84.9 Å². The summed E-state index contributed by atoms with van der Waals surface area (Å²) in [7, 11) is 0. The third-order valence-electron chi connectivity index (χ3n) is 6.22. The van der Waals surface area contributed by atoms with Crippen molar-refractivity contribution in [3.8, 4) is 0 Å². The molecular weight excluding hydrogens is 505 g/mol. The Morgan fingerprint density at radius 2 is 1.35 bits per heavy atom. The fourth-order valence-corrected chi connectivity index (χ4v) is 4.76. The van der Waals surface area contributed by atoms with Crippen molar-refractivity contribution >= 4 is 51.4 Å². The Bertz CT molecular complexity index is 1580. The first-order valence-corrected chi connectivity index (χ1v) is 12.4. The number of aromatic nitrogens is 1. The Hall–Kier alpha value is -4.06. The van der Waals surface area contributed by atoms with Gasteiger partial charge >= 0.3 is 0 Å². The van der Waals surface area contributed by atoms with Crippen molar-refractivity contribution in [1.29, 1.82) is 0 Å². The molecule has 4 aromatic carbocycles. The molecule has 0 bridgehead atoms. The molecule has 0 unspecified atom stereocenters. The summed E-state index contributed by atoms with van der Waals surface area (Å²) in [5.41, 5.74) is 11.3. The lowest BCUT2D eigenvalue weighted by atomic mass is 9.84. The number of hydrogen-bond acceptors (Lipinski definition) is 3. The maximum absolute atomic E-state index is 12.4. The van der Waals surface area contributed by atoms with Gasteiger partial charge < -0.3 is 16.0 Å². The van der Waals surface area contributed by atoms with Crippen molar-refractivity contribution < 1.29 is 4.79 Å². The Morgan fingerprint density at radius 1 is 0.784 bits per heavy atom. The second-order valence-electron chi connectivity index (χ2n) is 8.85. The average Bonchev–Trinajstić information content (AvgIpc) is 2.87. The molecule has 0 radical (unpaired) electrons. The largest absolute Gasteiger partial charge is 0.369 e. The van der Waals surface area contributed by atoms with E-state index in [4.69, 9.17) is 28.9 Å². The number of carbonyl (C=O) groups is 1. The highest BCUT2D eigenvalue weighted by atomic mass is 35.5. The minimum absolute atomic E-state index is 0.0770. The maximum Gasteiger partial charge on any atom is 0.250 e. The summed E-state index contributed by atoms with van der Waals surface area (Å²) in [5.74, 6) is -0.462. The quantitative estimate of drug-likeness (QED) is 0.203. The van der Waals surface area contributed by atoms with Crippen LogP contribution in [-0.2, 0) is 11.2 Å². The second-order valence-corrected chi connectivity index (χ2v) is 9.73. The molecule has 0 fully saturated rings. The van der Waals surface area contributed by atoms with Gasteiger partial charge in [-0.25, -0.2) is 0 Å². The standard InChI is InChI=1S/C30H23Cl2N3O2/c31-22-8-3-19(4-9-22)30(20-5-10-23(32)11-6-20)21-7-14-26-25(16-21)27(17-29(37)35-26)34-24-12-1-18(2-13-24)15-28(33)36/h1-14,16-17,30H,15H2,(H2,33,36)(H2,34,35,37). The van der Waals surface area contributed by atoms with Gasteiger partial charge in [-0.3, -0.25) is 9.59 Å². The SMILES string of the molecule is NC(=O)Cc1ccc(Nc2cc(=O)[nH]c3ccc(C(c4ccc(Cl)cc4)c4ccc(Cl)cc4)cc23)cc1. The Kier molecular flexibility index (Phi) is 6.99. The summed E-state index contributed by atoms with van der Waals surface area (Å²) >= 11 is 12.3. The van der Waals surface area contributed by atoms with E-state index in [-0.39, 0.29) is 23.8 Å². The second kappa shape index (κ2) is 10.5. The number of hydrogen-bond donors (Lipinski definition) is 3. The van der Waals surface area contributed by atoms with E-state index in [0.29, 0.717) is 15.7 Å². The summed E-state index contributed by atoms with van der Waals surface area (Å²) in [4.78, 5) is 26.6. The zero-order valence-corrected chi connectivity index (χ0v) is 21.2. The number of H-pyrrole nitrogens is 1. The van der Waals surface area contributed by atoms with E-state index < -0.39 is 0 Å². The minimum Gasteiger partial charge on any atom is -0.369 e. The molecule has 0 aliphatic rings. The number of carbonyl (C=O) groups excluding carboxylic acids is 1. The molecule has 5 nitrogen and oxygen atoms in total. The smallest absolute Gasteiger partial charge is 0.250 e. The van der Waals surface area contributed by atoms with Crippen molar-refractivity contribution in [3.05, 3.63) is 140 Å². The molecule has 0 aliphatic carbocycles. The minimum atomic E-state index is -0.384. The van der Waals surface area contributed by atoms with Gasteiger partial charge in [-0.2, -0.15) is 0 Å². The molecule has 5 aromatic rings. The molecule has 5 rings (SSSR count). The van der Waals surface area contributed by atoms with Gasteiger partial charge in [-0.05, 0) is 70.8 Å². The summed E-state index contributed by atoms with van der Waals surface area (Å²) in [5, 5.41) is 5.56. The number of nitrogens with one attached hydrogen (secondary N) is 2.